The molecular weight excluding hydrogens is 717 g/mol. The largest absolute Gasteiger partial charge is 0.379 e. The van der Waals surface area contributed by atoms with Gasteiger partial charge in [0, 0.05) is 10.8 Å². The average Bonchev–Trinajstić information content (AvgIpc) is 3.23. The number of hydrogen-bond donors (Lipinski definition) is 0. The zero-order valence-corrected chi connectivity index (χ0v) is 36.5. The van der Waals surface area contributed by atoms with E-state index >= 15 is 17.6 Å². The number of ether oxygens (including phenoxy) is 1. The maximum atomic E-state index is 17.4. The Labute approximate surface area is 346 Å². The minimum atomic E-state index is -1.79. The Balaban J connectivity index is 1.01. The van der Waals surface area contributed by atoms with Gasteiger partial charge >= 0.3 is 0 Å². The van der Waals surface area contributed by atoms with Crippen molar-refractivity contribution in [3.8, 4) is 0 Å². The lowest BCUT2D eigenvalue weighted by Gasteiger charge is -2.53. The predicted molar refractivity (Wildman–Crippen MR) is 231 cm³/mol. The third kappa shape index (κ3) is 10.8. The number of hydrogen-bond acceptors (Lipinski definition) is 1. The topological polar surface area (TPSA) is 9.23 Å². The van der Waals surface area contributed by atoms with Gasteiger partial charge in [0.05, 0.1) is 25.0 Å². The molecule has 4 fully saturated rings. The quantitative estimate of drug-likeness (QED) is 0.0677. The van der Waals surface area contributed by atoms with Crippen molar-refractivity contribution in [2.75, 3.05) is 13.2 Å². The molecule has 57 heavy (non-hydrogen) atoms. The Morgan fingerprint density at radius 1 is 0.509 bits per heavy atom. The van der Waals surface area contributed by atoms with E-state index in [4.69, 9.17) is 4.74 Å². The van der Waals surface area contributed by atoms with Crippen LogP contribution in [0.25, 0.3) is 0 Å². The molecule has 1 nitrogen and oxygen atoms in total. The fourth-order valence-corrected chi connectivity index (χ4v) is 13.3. The summed E-state index contributed by atoms with van der Waals surface area (Å²) in [6, 6.07) is 0. The number of alkyl halides is 2. The van der Waals surface area contributed by atoms with Gasteiger partial charge in [0.25, 0.3) is 0 Å². The highest BCUT2D eigenvalue weighted by molar-refractivity contribution is 5.33. The van der Waals surface area contributed by atoms with Crippen molar-refractivity contribution in [2.24, 2.45) is 46.3 Å². The van der Waals surface area contributed by atoms with Gasteiger partial charge in [-0.05, 0) is 99.3 Å². The van der Waals surface area contributed by atoms with E-state index in [9.17, 15) is 0 Å². The summed E-state index contributed by atoms with van der Waals surface area (Å²) in [5.41, 5.74) is -4.67. The number of halogens is 4. The van der Waals surface area contributed by atoms with Crippen molar-refractivity contribution >= 4 is 0 Å². The molecule has 0 radical (unpaired) electrons. The zero-order valence-electron chi connectivity index (χ0n) is 36.5. The van der Waals surface area contributed by atoms with Crippen LogP contribution in [0.3, 0.4) is 0 Å². The van der Waals surface area contributed by atoms with Crippen molar-refractivity contribution in [1.82, 2.24) is 0 Å². The standard InChI is InChI=1S/C52H82F4O/c1-3-5-7-9-13-19-41-21-25-45(26-22-41)49(31-15-11-16-32-49)51(55)35-29-43(47(53)37-51)39-57-40-44-30-36-52(56,38-48(44)54)50(33-17-12-18-34-50)46-27-23-42(24-28-46)20-14-10-8-6-4-2/h29-30,35-38,41-46H,3-28,31-34,39-40H2,1-2H3/t41-,42-,43-,44-,45-,46-,51+,52+/m0/s1. The lowest BCUT2D eigenvalue weighted by atomic mass is 9.53. The predicted octanol–water partition coefficient (Wildman–Crippen LogP) is 16.7. The summed E-state index contributed by atoms with van der Waals surface area (Å²) in [6.07, 6.45) is 43.5. The molecule has 0 saturated heterocycles. The van der Waals surface area contributed by atoms with Gasteiger partial charge in [-0.15, -0.1) is 0 Å². The summed E-state index contributed by atoms with van der Waals surface area (Å²) in [7, 11) is 0. The Morgan fingerprint density at radius 3 is 1.23 bits per heavy atom. The number of allylic oxidation sites excluding steroid dienone is 4. The molecule has 0 amide bonds. The smallest absolute Gasteiger partial charge is 0.155 e. The highest BCUT2D eigenvalue weighted by Gasteiger charge is 2.57. The Kier molecular flexibility index (Phi) is 17.0. The van der Waals surface area contributed by atoms with Crippen LogP contribution in [0.1, 0.15) is 206 Å². The molecule has 5 heteroatoms. The van der Waals surface area contributed by atoms with E-state index in [-0.39, 0.29) is 25.0 Å². The third-order valence-corrected chi connectivity index (χ3v) is 16.8. The highest BCUT2D eigenvalue weighted by Crippen LogP contribution is 2.61. The van der Waals surface area contributed by atoms with E-state index in [0.717, 1.165) is 102 Å². The lowest BCUT2D eigenvalue weighted by Crippen LogP contribution is -2.51. The summed E-state index contributed by atoms with van der Waals surface area (Å²) in [6.45, 7) is 4.57. The molecule has 0 bridgehead atoms. The molecule has 4 saturated carbocycles. The molecule has 4 atom stereocenters. The molecule has 6 aliphatic rings. The van der Waals surface area contributed by atoms with Crippen molar-refractivity contribution in [1.29, 1.82) is 0 Å². The Bertz CT molecular complexity index is 1220. The van der Waals surface area contributed by atoms with Gasteiger partial charge < -0.3 is 4.74 Å². The van der Waals surface area contributed by atoms with E-state index < -0.39 is 45.7 Å². The first-order chi connectivity index (χ1) is 27.7. The molecule has 6 rings (SSSR count). The second kappa shape index (κ2) is 21.4. The van der Waals surface area contributed by atoms with Gasteiger partial charge in [0.1, 0.15) is 11.7 Å². The minimum Gasteiger partial charge on any atom is -0.379 e. The third-order valence-electron chi connectivity index (χ3n) is 16.8. The molecule has 0 heterocycles. The van der Waals surface area contributed by atoms with Crippen LogP contribution in [0.2, 0.25) is 0 Å². The highest BCUT2D eigenvalue weighted by atomic mass is 19.2. The molecule has 0 unspecified atom stereocenters. The Hall–Kier alpha value is -1.36. The fourth-order valence-electron chi connectivity index (χ4n) is 13.3. The summed E-state index contributed by atoms with van der Waals surface area (Å²) in [4.78, 5) is 0. The van der Waals surface area contributed by atoms with Crippen LogP contribution < -0.4 is 0 Å². The van der Waals surface area contributed by atoms with E-state index in [2.05, 4.69) is 13.8 Å². The van der Waals surface area contributed by atoms with Crippen LogP contribution in [0.4, 0.5) is 17.6 Å². The molecule has 6 aliphatic carbocycles. The van der Waals surface area contributed by atoms with E-state index in [0.29, 0.717) is 0 Å². The first-order valence-electron chi connectivity index (χ1n) is 24.8. The monoisotopic (exact) mass is 799 g/mol. The van der Waals surface area contributed by atoms with E-state index in [1.54, 1.807) is 24.3 Å². The first kappa shape index (κ1) is 45.2. The van der Waals surface area contributed by atoms with Crippen molar-refractivity contribution in [2.45, 2.75) is 218 Å². The van der Waals surface area contributed by atoms with Crippen LogP contribution in [-0.2, 0) is 4.74 Å². The first-order valence-corrected chi connectivity index (χ1v) is 24.8. The second-order valence-electron chi connectivity index (χ2n) is 20.3. The molecule has 324 valence electrons. The normalized spacial score (nSPS) is 35.5. The zero-order chi connectivity index (χ0) is 40.2. The van der Waals surface area contributed by atoms with Crippen molar-refractivity contribution < 1.29 is 22.3 Å². The van der Waals surface area contributed by atoms with Crippen LogP contribution in [-0.4, -0.2) is 24.6 Å². The van der Waals surface area contributed by atoms with Gasteiger partial charge in [-0.3, -0.25) is 0 Å². The average molecular weight is 799 g/mol. The molecule has 0 spiro atoms. The number of rotatable bonds is 20. The molecule has 0 aliphatic heterocycles. The summed E-state index contributed by atoms with van der Waals surface area (Å²) >= 11 is 0. The van der Waals surface area contributed by atoms with Gasteiger partial charge in [-0.1, -0.05) is 167 Å². The van der Waals surface area contributed by atoms with E-state index in [1.165, 1.54) is 115 Å². The van der Waals surface area contributed by atoms with Gasteiger partial charge in [-0.2, -0.15) is 0 Å². The second-order valence-corrected chi connectivity index (χ2v) is 20.3. The van der Waals surface area contributed by atoms with Crippen LogP contribution in [0.15, 0.2) is 48.1 Å². The van der Waals surface area contributed by atoms with Gasteiger partial charge in [0.2, 0.25) is 0 Å². The summed E-state index contributed by atoms with van der Waals surface area (Å²) in [5, 5.41) is 0. The van der Waals surface area contributed by atoms with E-state index in [1.807, 2.05) is 0 Å². The maximum absolute atomic E-state index is 17.4. The lowest BCUT2D eigenvalue weighted by molar-refractivity contribution is -0.0445. The number of unbranched alkanes of at least 4 members (excludes halogenated alkanes) is 8. The summed E-state index contributed by atoms with van der Waals surface area (Å²) < 4.78 is 72.6. The fraction of sp³-hybridized carbons (Fsp3) is 0.846. The maximum Gasteiger partial charge on any atom is 0.155 e. The van der Waals surface area contributed by atoms with Crippen molar-refractivity contribution in [3.63, 3.8) is 0 Å². The molecular formula is C52H82F4O. The molecule has 0 N–H and O–H groups in total. The van der Waals surface area contributed by atoms with Crippen LogP contribution in [0, 0.1) is 46.3 Å². The summed E-state index contributed by atoms with van der Waals surface area (Å²) in [5.74, 6) is -0.230. The Morgan fingerprint density at radius 2 is 0.877 bits per heavy atom. The van der Waals surface area contributed by atoms with Crippen LogP contribution in [0.5, 0.6) is 0 Å². The van der Waals surface area contributed by atoms with Gasteiger partial charge in [0.15, 0.2) is 11.3 Å². The molecule has 0 aromatic carbocycles. The molecule has 0 aromatic rings. The van der Waals surface area contributed by atoms with Crippen molar-refractivity contribution in [3.05, 3.63) is 48.1 Å². The SMILES string of the molecule is CCCCCCC[C@H]1CC[C@H](C2([C@@]3(F)C=C[C@@H](COC[C@@H]4C=C[C@](F)(C5([C@H]6CC[C@H](CCCCCCC)CC6)CCCCC5)C=C4F)C(F)=C3)CCCCC2)CC1. The van der Waals surface area contributed by atoms with Gasteiger partial charge in [-0.25, -0.2) is 17.6 Å². The van der Waals surface area contributed by atoms with Crippen LogP contribution >= 0.6 is 0 Å². The minimum absolute atomic E-state index is 0.0233. The molecule has 0 aromatic heterocycles.